The van der Waals surface area contributed by atoms with Gasteiger partial charge in [-0.25, -0.2) is 4.79 Å². The zero-order chi connectivity index (χ0) is 22.3. The highest BCUT2D eigenvalue weighted by Gasteiger charge is 2.21. The summed E-state index contributed by atoms with van der Waals surface area (Å²) >= 11 is 0.952. The smallest absolute Gasteiger partial charge is 0.387 e. The van der Waals surface area contributed by atoms with E-state index in [9.17, 15) is 23.6 Å². The van der Waals surface area contributed by atoms with E-state index >= 15 is 0 Å². The minimum Gasteiger partial charge on any atom is -0.493 e. The largest absolute Gasteiger partial charge is 0.493 e. The molecule has 0 saturated carbocycles. The van der Waals surface area contributed by atoms with Gasteiger partial charge >= 0.3 is 12.6 Å². The molecule has 0 spiro atoms. The van der Waals surface area contributed by atoms with E-state index in [4.69, 9.17) is 9.47 Å². The molecule has 1 aromatic heterocycles. The molecule has 0 aliphatic carbocycles. The minimum atomic E-state index is -2.99. The summed E-state index contributed by atoms with van der Waals surface area (Å²) < 4.78 is 39.1. The van der Waals surface area contributed by atoms with E-state index in [1.807, 2.05) is 6.07 Å². The third-order valence-corrected chi connectivity index (χ3v) is 4.97. The fraction of sp³-hybridized carbons (Fsp3) is 0.250. The van der Waals surface area contributed by atoms with E-state index in [1.54, 1.807) is 13.8 Å². The lowest BCUT2D eigenvalue weighted by molar-refractivity contribution is -0.111. The maximum absolute atomic E-state index is 12.4. The number of hydrogen-bond donors (Lipinski definition) is 1. The van der Waals surface area contributed by atoms with Gasteiger partial charge in [-0.2, -0.15) is 14.0 Å². The molecule has 0 saturated heterocycles. The second-order valence-corrected chi connectivity index (χ2v) is 6.72. The van der Waals surface area contributed by atoms with Crippen molar-refractivity contribution in [3.63, 3.8) is 0 Å². The normalized spacial score (nSPS) is 10.7. The van der Waals surface area contributed by atoms with Crippen LogP contribution >= 0.6 is 11.3 Å². The van der Waals surface area contributed by atoms with Gasteiger partial charge in [0.05, 0.1) is 19.3 Å². The van der Waals surface area contributed by atoms with Crippen molar-refractivity contribution in [3.05, 3.63) is 45.8 Å². The van der Waals surface area contributed by atoms with Gasteiger partial charge in [-0.05, 0) is 43.2 Å². The Bertz CT molecular complexity index is 1010. The van der Waals surface area contributed by atoms with Crippen molar-refractivity contribution in [2.24, 2.45) is 0 Å². The zero-order valence-electron chi connectivity index (χ0n) is 16.3. The van der Waals surface area contributed by atoms with Gasteiger partial charge < -0.3 is 19.5 Å². The Hall–Kier alpha value is -3.45. The Morgan fingerprint density at radius 3 is 2.67 bits per heavy atom. The third-order valence-electron chi connectivity index (χ3n) is 3.79. The molecule has 0 fully saturated rings. The van der Waals surface area contributed by atoms with Crippen molar-refractivity contribution >= 4 is 34.3 Å². The second kappa shape index (κ2) is 10.4. The quantitative estimate of drug-likeness (QED) is 0.488. The fourth-order valence-corrected chi connectivity index (χ4v) is 3.49. The number of thiophene rings is 1. The van der Waals surface area contributed by atoms with Crippen molar-refractivity contribution in [2.45, 2.75) is 20.5 Å². The lowest BCUT2D eigenvalue weighted by Crippen LogP contribution is -2.07. The van der Waals surface area contributed by atoms with Crippen LogP contribution in [0.4, 0.5) is 13.8 Å². The number of benzene rings is 1. The number of nitrogens with one attached hydrogen (secondary N) is 1. The number of alkyl halides is 2. The van der Waals surface area contributed by atoms with Gasteiger partial charge in [-0.3, -0.25) is 4.79 Å². The molecule has 0 bridgehead atoms. The van der Waals surface area contributed by atoms with Crippen LogP contribution in [-0.2, 0) is 9.53 Å². The Labute approximate surface area is 175 Å². The molecule has 0 aliphatic rings. The van der Waals surface area contributed by atoms with Crippen LogP contribution in [0.1, 0.15) is 33.3 Å². The lowest BCUT2D eigenvalue weighted by Gasteiger charge is -2.10. The molecule has 1 amide bonds. The van der Waals surface area contributed by atoms with E-state index in [0.29, 0.717) is 11.1 Å². The summed E-state index contributed by atoms with van der Waals surface area (Å²) in [6.45, 7) is 0.463. The molecule has 30 heavy (non-hydrogen) atoms. The van der Waals surface area contributed by atoms with Crippen LogP contribution in [0.3, 0.4) is 0 Å². The second-order valence-electron chi connectivity index (χ2n) is 5.70. The first-order chi connectivity index (χ1) is 14.3. The maximum Gasteiger partial charge on any atom is 0.387 e. The summed E-state index contributed by atoms with van der Waals surface area (Å²) in [5.74, 6) is -1.16. The topological polar surface area (TPSA) is 97.7 Å². The fourth-order valence-electron chi connectivity index (χ4n) is 2.43. The van der Waals surface area contributed by atoms with Crippen LogP contribution in [0.15, 0.2) is 24.3 Å². The first kappa shape index (κ1) is 22.8. The number of esters is 1. The van der Waals surface area contributed by atoms with Crippen LogP contribution in [-0.4, -0.2) is 32.2 Å². The molecule has 158 valence electrons. The number of ether oxygens (including phenoxy) is 3. The molecule has 7 nitrogen and oxygen atoms in total. The SMILES string of the molecule is CCOC(=O)c1sc(NC(=O)/C=C/c2ccc(OC(F)F)c(OC)c2)c(C#N)c1C. The number of carbonyl (C=O) groups is 2. The lowest BCUT2D eigenvalue weighted by atomic mass is 10.1. The highest BCUT2D eigenvalue weighted by molar-refractivity contribution is 7.18. The van der Waals surface area contributed by atoms with E-state index in [1.165, 1.54) is 37.5 Å². The summed E-state index contributed by atoms with van der Waals surface area (Å²) in [7, 11) is 1.30. The first-order valence-electron chi connectivity index (χ1n) is 8.63. The number of halogens is 2. The zero-order valence-corrected chi connectivity index (χ0v) is 17.1. The Balaban J connectivity index is 2.18. The van der Waals surface area contributed by atoms with Crippen LogP contribution in [0, 0.1) is 18.3 Å². The molecule has 1 aromatic carbocycles. The first-order valence-corrected chi connectivity index (χ1v) is 9.44. The van der Waals surface area contributed by atoms with Crippen LogP contribution in [0.2, 0.25) is 0 Å². The highest BCUT2D eigenvalue weighted by atomic mass is 32.1. The van der Waals surface area contributed by atoms with Gasteiger partial charge in [-0.1, -0.05) is 6.07 Å². The number of hydrogen-bond acceptors (Lipinski definition) is 7. The maximum atomic E-state index is 12.4. The number of amides is 1. The van der Waals surface area contributed by atoms with E-state index < -0.39 is 18.5 Å². The van der Waals surface area contributed by atoms with Crippen molar-refractivity contribution in [1.82, 2.24) is 0 Å². The minimum absolute atomic E-state index is 0.0811. The predicted octanol–water partition coefficient (Wildman–Crippen LogP) is 4.37. The number of nitriles is 1. The van der Waals surface area contributed by atoms with Gasteiger partial charge in [0.1, 0.15) is 15.9 Å². The summed E-state index contributed by atoms with van der Waals surface area (Å²) in [4.78, 5) is 24.5. The third kappa shape index (κ3) is 5.55. The molecule has 2 aromatic rings. The molecular formula is C20H18F2N2O5S. The monoisotopic (exact) mass is 436 g/mol. The van der Waals surface area contributed by atoms with Crippen LogP contribution < -0.4 is 14.8 Å². The average molecular weight is 436 g/mol. The molecular weight excluding hydrogens is 418 g/mol. The number of nitrogens with zero attached hydrogens (tertiary/aromatic N) is 1. The van der Waals surface area contributed by atoms with Crippen LogP contribution in [0.5, 0.6) is 11.5 Å². The molecule has 0 atom stereocenters. The van der Waals surface area contributed by atoms with E-state index in [2.05, 4.69) is 10.1 Å². The Kier molecular flexibility index (Phi) is 7.89. The molecule has 2 rings (SSSR count). The van der Waals surface area contributed by atoms with Crippen molar-refractivity contribution < 1.29 is 32.6 Å². The summed E-state index contributed by atoms with van der Waals surface area (Å²) in [6, 6.07) is 6.16. The van der Waals surface area contributed by atoms with Crippen molar-refractivity contribution in [2.75, 3.05) is 19.0 Å². The molecule has 0 unspecified atom stereocenters. The Morgan fingerprint density at radius 1 is 1.33 bits per heavy atom. The molecule has 1 N–H and O–H groups in total. The summed E-state index contributed by atoms with van der Waals surface area (Å²) in [5, 5.41) is 12.1. The summed E-state index contributed by atoms with van der Waals surface area (Å²) in [6.07, 6.45) is 2.63. The summed E-state index contributed by atoms with van der Waals surface area (Å²) in [5.41, 5.74) is 1.11. The highest BCUT2D eigenvalue weighted by Crippen LogP contribution is 2.33. The number of rotatable bonds is 8. The van der Waals surface area contributed by atoms with E-state index in [-0.39, 0.29) is 33.5 Å². The average Bonchev–Trinajstić information content (AvgIpc) is 3.02. The number of anilines is 1. The van der Waals surface area contributed by atoms with Gasteiger partial charge in [-0.15, -0.1) is 11.3 Å². The van der Waals surface area contributed by atoms with Crippen molar-refractivity contribution in [1.29, 1.82) is 5.26 Å². The van der Waals surface area contributed by atoms with Gasteiger partial charge in [0.2, 0.25) is 5.91 Å². The van der Waals surface area contributed by atoms with Gasteiger partial charge in [0, 0.05) is 6.08 Å². The van der Waals surface area contributed by atoms with Crippen LogP contribution in [0.25, 0.3) is 6.08 Å². The Morgan fingerprint density at radius 2 is 2.07 bits per heavy atom. The molecule has 0 radical (unpaired) electrons. The number of methoxy groups -OCH3 is 1. The molecule has 1 heterocycles. The molecule has 10 heteroatoms. The van der Waals surface area contributed by atoms with E-state index in [0.717, 1.165) is 11.3 Å². The standard InChI is InChI=1S/C20H18F2N2O5S/c1-4-28-19(26)17-11(2)13(10-23)18(30-17)24-16(25)8-6-12-5-7-14(29-20(21)22)15(9-12)27-3/h5-9,20H,4H2,1-3H3,(H,24,25)/b8-6+. The van der Waals surface area contributed by atoms with Crippen molar-refractivity contribution in [3.8, 4) is 17.6 Å². The van der Waals surface area contributed by atoms with Gasteiger partial charge in [0.15, 0.2) is 11.5 Å². The predicted molar refractivity (Wildman–Crippen MR) is 107 cm³/mol. The van der Waals surface area contributed by atoms with Gasteiger partial charge in [0.25, 0.3) is 0 Å². The number of carbonyl (C=O) groups excluding carboxylic acids is 2. The molecule has 0 aliphatic heterocycles.